The molecule has 2 unspecified atom stereocenters. The number of hydrogen-bond acceptors (Lipinski definition) is 4. The number of carbonyl (C=O) groups excluding carboxylic acids is 2. The molecular formula is C22H31N3O3. The number of benzene rings is 1. The van der Waals surface area contributed by atoms with Gasteiger partial charge in [0.05, 0.1) is 12.3 Å². The molecule has 0 aliphatic carbocycles. The van der Waals surface area contributed by atoms with Gasteiger partial charge in [-0.1, -0.05) is 45.0 Å². The van der Waals surface area contributed by atoms with Gasteiger partial charge in [-0.2, -0.15) is 0 Å². The van der Waals surface area contributed by atoms with Crippen LogP contribution in [0.2, 0.25) is 0 Å². The van der Waals surface area contributed by atoms with Crippen molar-refractivity contribution in [3.63, 3.8) is 0 Å². The van der Waals surface area contributed by atoms with E-state index in [-0.39, 0.29) is 23.6 Å². The van der Waals surface area contributed by atoms with Gasteiger partial charge in [-0.3, -0.25) is 9.59 Å². The molecule has 1 heterocycles. The van der Waals surface area contributed by atoms with Crippen LogP contribution < -0.4 is 10.6 Å². The standard InChI is InChI=1S/C22H31N3O3/c1-6-16-9-11-17(12-10-16)18(25(4)5)14-23-22(27)20(15(2)3)24-21(26)19-8-7-13-28-19/h7-13,15,18,20H,6,14H2,1-5H3,(H,23,27)(H,24,26). The molecule has 2 aromatic rings. The monoisotopic (exact) mass is 385 g/mol. The number of furan rings is 1. The van der Waals surface area contributed by atoms with Crippen molar-refractivity contribution in [1.29, 1.82) is 0 Å². The second-order valence-corrected chi connectivity index (χ2v) is 7.49. The molecule has 6 nitrogen and oxygen atoms in total. The summed E-state index contributed by atoms with van der Waals surface area (Å²) in [6.07, 6.45) is 2.43. The van der Waals surface area contributed by atoms with Crippen LogP contribution in [0.15, 0.2) is 47.1 Å². The van der Waals surface area contributed by atoms with Crippen LogP contribution in [0.25, 0.3) is 0 Å². The summed E-state index contributed by atoms with van der Waals surface area (Å²) in [5.41, 5.74) is 2.43. The van der Waals surface area contributed by atoms with Gasteiger partial charge in [-0.15, -0.1) is 0 Å². The lowest BCUT2D eigenvalue weighted by atomic mass is 10.0. The number of aryl methyl sites for hydroxylation is 1. The summed E-state index contributed by atoms with van der Waals surface area (Å²) in [6.45, 7) is 6.39. The van der Waals surface area contributed by atoms with E-state index in [2.05, 4.69) is 46.7 Å². The fourth-order valence-corrected chi connectivity index (χ4v) is 3.04. The van der Waals surface area contributed by atoms with E-state index in [1.807, 2.05) is 27.9 Å². The lowest BCUT2D eigenvalue weighted by molar-refractivity contribution is -0.124. The maximum absolute atomic E-state index is 12.8. The van der Waals surface area contributed by atoms with E-state index in [1.165, 1.54) is 11.8 Å². The fourth-order valence-electron chi connectivity index (χ4n) is 3.04. The van der Waals surface area contributed by atoms with Gasteiger partial charge in [0, 0.05) is 6.54 Å². The Morgan fingerprint density at radius 2 is 1.79 bits per heavy atom. The zero-order valence-electron chi connectivity index (χ0n) is 17.4. The number of carbonyl (C=O) groups is 2. The molecule has 2 amide bonds. The largest absolute Gasteiger partial charge is 0.459 e. The number of likely N-dealkylation sites (N-methyl/N-ethyl adjacent to an activating group) is 1. The summed E-state index contributed by atoms with van der Waals surface area (Å²) in [6, 6.07) is 11.1. The Bertz CT molecular complexity index is 752. The summed E-state index contributed by atoms with van der Waals surface area (Å²) in [5.74, 6) is -0.453. The number of amides is 2. The lowest BCUT2D eigenvalue weighted by Crippen LogP contribution is -2.50. The molecule has 0 bridgehead atoms. The molecule has 28 heavy (non-hydrogen) atoms. The van der Waals surface area contributed by atoms with Crippen LogP contribution in [-0.2, 0) is 11.2 Å². The van der Waals surface area contributed by atoms with Crippen molar-refractivity contribution in [2.75, 3.05) is 20.6 Å². The van der Waals surface area contributed by atoms with E-state index in [1.54, 1.807) is 12.1 Å². The number of rotatable bonds is 9. The van der Waals surface area contributed by atoms with E-state index < -0.39 is 11.9 Å². The molecule has 0 aliphatic heterocycles. The van der Waals surface area contributed by atoms with Crippen molar-refractivity contribution >= 4 is 11.8 Å². The average Bonchev–Trinajstić information content (AvgIpc) is 3.20. The highest BCUT2D eigenvalue weighted by Crippen LogP contribution is 2.18. The highest BCUT2D eigenvalue weighted by atomic mass is 16.3. The molecule has 0 radical (unpaired) electrons. The zero-order valence-corrected chi connectivity index (χ0v) is 17.4. The third-order valence-corrected chi connectivity index (χ3v) is 4.85. The van der Waals surface area contributed by atoms with Crippen LogP contribution in [0, 0.1) is 5.92 Å². The van der Waals surface area contributed by atoms with Crippen molar-refractivity contribution < 1.29 is 14.0 Å². The van der Waals surface area contributed by atoms with Gasteiger partial charge in [0.2, 0.25) is 5.91 Å². The normalized spacial score (nSPS) is 13.4. The molecule has 0 spiro atoms. The molecule has 2 N–H and O–H groups in total. The van der Waals surface area contributed by atoms with E-state index in [0.29, 0.717) is 6.54 Å². The predicted octanol–water partition coefficient (Wildman–Crippen LogP) is 3.02. The Morgan fingerprint density at radius 3 is 2.29 bits per heavy atom. The molecule has 2 atom stereocenters. The molecule has 0 fully saturated rings. The van der Waals surface area contributed by atoms with Crippen LogP contribution >= 0.6 is 0 Å². The third kappa shape index (κ3) is 5.70. The minimum absolute atomic E-state index is 0.0449. The topological polar surface area (TPSA) is 74.6 Å². The van der Waals surface area contributed by atoms with Crippen LogP contribution in [0.5, 0.6) is 0 Å². The summed E-state index contributed by atoms with van der Waals surface area (Å²) in [4.78, 5) is 27.1. The SMILES string of the molecule is CCc1ccc(C(CNC(=O)C(NC(=O)c2ccco2)C(C)C)N(C)C)cc1. The first kappa shape index (κ1) is 21.7. The molecule has 6 heteroatoms. The maximum atomic E-state index is 12.8. The Morgan fingerprint density at radius 1 is 1.11 bits per heavy atom. The summed E-state index contributed by atoms with van der Waals surface area (Å²) in [7, 11) is 3.98. The van der Waals surface area contributed by atoms with Gasteiger partial charge in [-0.05, 0) is 49.7 Å². The highest BCUT2D eigenvalue weighted by molar-refractivity contribution is 5.95. The van der Waals surface area contributed by atoms with Crippen molar-refractivity contribution in [2.45, 2.75) is 39.3 Å². The Labute approximate surface area is 167 Å². The van der Waals surface area contributed by atoms with Crippen molar-refractivity contribution in [3.05, 3.63) is 59.5 Å². The maximum Gasteiger partial charge on any atom is 0.287 e. The quantitative estimate of drug-likeness (QED) is 0.696. The Hall–Kier alpha value is -2.60. The first-order chi connectivity index (χ1) is 13.3. The molecule has 0 aliphatic rings. The van der Waals surface area contributed by atoms with E-state index >= 15 is 0 Å². The molecule has 1 aromatic carbocycles. The van der Waals surface area contributed by atoms with E-state index in [4.69, 9.17) is 4.42 Å². The predicted molar refractivity (Wildman–Crippen MR) is 110 cm³/mol. The van der Waals surface area contributed by atoms with Gasteiger partial charge in [-0.25, -0.2) is 0 Å². The molecular weight excluding hydrogens is 354 g/mol. The fraction of sp³-hybridized carbons (Fsp3) is 0.455. The van der Waals surface area contributed by atoms with Gasteiger partial charge < -0.3 is 20.0 Å². The van der Waals surface area contributed by atoms with Crippen LogP contribution in [-0.4, -0.2) is 43.4 Å². The van der Waals surface area contributed by atoms with Crippen molar-refractivity contribution in [3.8, 4) is 0 Å². The van der Waals surface area contributed by atoms with Crippen LogP contribution in [0.4, 0.5) is 0 Å². The first-order valence-corrected chi connectivity index (χ1v) is 9.70. The number of hydrogen-bond donors (Lipinski definition) is 2. The third-order valence-electron chi connectivity index (χ3n) is 4.85. The van der Waals surface area contributed by atoms with Crippen LogP contribution in [0.3, 0.4) is 0 Å². The van der Waals surface area contributed by atoms with Crippen molar-refractivity contribution in [2.24, 2.45) is 5.92 Å². The molecule has 152 valence electrons. The summed E-state index contributed by atoms with van der Waals surface area (Å²) < 4.78 is 5.11. The second-order valence-electron chi connectivity index (χ2n) is 7.49. The minimum Gasteiger partial charge on any atom is -0.459 e. The van der Waals surface area contributed by atoms with Crippen LogP contribution in [0.1, 0.15) is 48.5 Å². The smallest absolute Gasteiger partial charge is 0.287 e. The number of nitrogens with zero attached hydrogens (tertiary/aromatic N) is 1. The summed E-state index contributed by atoms with van der Waals surface area (Å²) >= 11 is 0. The lowest BCUT2D eigenvalue weighted by Gasteiger charge is -2.27. The Kier molecular flexibility index (Phi) is 7.81. The van der Waals surface area contributed by atoms with Gasteiger partial charge >= 0.3 is 0 Å². The molecule has 1 aromatic heterocycles. The van der Waals surface area contributed by atoms with E-state index in [9.17, 15) is 9.59 Å². The molecule has 2 rings (SSSR count). The van der Waals surface area contributed by atoms with Gasteiger partial charge in [0.1, 0.15) is 6.04 Å². The van der Waals surface area contributed by atoms with Gasteiger partial charge in [0.15, 0.2) is 5.76 Å². The number of nitrogens with one attached hydrogen (secondary N) is 2. The van der Waals surface area contributed by atoms with Crippen molar-refractivity contribution in [1.82, 2.24) is 15.5 Å². The minimum atomic E-state index is -0.636. The average molecular weight is 386 g/mol. The molecule has 0 saturated carbocycles. The first-order valence-electron chi connectivity index (χ1n) is 9.70. The molecule has 0 saturated heterocycles. The van der Waals surface area contributed by atoms with Gasteiger partial charge in [0.25, 0.3) is 5.91 Å². The highest BCUT2D eigenvalue weighted by Gasteiger charge is 2.26. The second kappa shape index (κ2) is 10.1. The zero-order chi connectivity index (χ0) is 20.7. The Balaban J connectivity index is 2.03. The summed E-state index contributed by atoms with van der Waals surface area (Å²) in [5, 5.41) is 5.77. The van der Waals surface area contributed by atoms with E-state index in [0.717, 1.165) is 12.0 Å².